The number of ether oxygens (including phenoxy) is 1. The van der Waals surface area contributed by atoms with Gasteiger partial charge in [-0.15, -0.1) is 10.3 Å². The predicted molar refractivity (Wildman–Crippen MR) is 165 cm³/mol. The highest BCUT2D eigenvalue weighted by molar-refractivity contribution is 8.29. The van der Waals surface area contributed by atoms with Gasteiger partial charge in [-0.25, -0.2) is 13.8 Å². The number of H-pyrrole nitrogens is 1. The van der Waals surface area contributed by atoms with Crippen molar-refractivity contribution in [2.24, 2.45) is 0 Å². The molecule has 0 saturated carbocycles. The summed E-state index contributed by atoms with van der Waals surface area (Å²) in [6.45, 7) is 11.8. The zero-order valence-electron chi connectivity index (χ0n) is 25.1. The molecule has 1 aliphatic rings. The van der Waals surface area contributed by atoms with E-state index in [2.05, 4.69) is 10.1 Å². The minimum Gasteiger partial charge on any atom is -0.480 e. The minimum atomic E-state index is -4.35. The Morgan fingerprint density at radius 3 is 2.33 bits per heavy atom. The number of nitrogens with zero attached hydrogens (tertiary/aromatic N) is 1. The van der Waals surface area contributed by atoms with E-state index in [9.17, 15) is 24.1 Å². The monoisotopic (exact) mass is 639 g/mol. The lowest BCUT2D eigenvalue weighted by Gasteiger charge is -2.42. The molecule has 1 aromatic carbocycles. The molecule has 1 fully saturated rings. The van der Waals surface area contributed by atoms with Gasteiger partial charge >= 0.3 is 19.4 Å². The van der Waals surface area contributed by atoms with E-state index in [1.54, 1.807) is 18.2 Å². The van der Waals surface area contributed by atoms with Crippen LogP contribution in [0.4, 0.5) is 4.39 Å². The van der Waals surface area contributed by atoms with Gasteiger partial charge in [-0.05, 0) is 43.2 Å². The SMILES string of the molecule is CC.CCS(CC)(CC)O[C@@H]1[C@@H](COP(=O)(N[C@@H](C)C(=O)O)Oc2ccccc2)O[C@@H](n2ccc(=O)[nH]c2=O)[C@]1(C)F.[HH].[HH]. The normalized spacial score (nSPS) is 24.6. The average molecular weight is 640 g/mol. The lowest BCUT2D eigenvalue weighted by molar-refractivity contribution is -0.138. The maximum Gasteiger partial charge on any atom is 0.459 e. The first-order valence-electron chi connectivity index (χ1n) is 13.9. The molecular weight excluding hydrogens is 592 g/mol. The number of hydrogen-bond donors (Lipinski definition) is 3. The van der Waals surface area contributed by atoms with Gasteiger partial charge in [-0.1, -0.05) is 52.8 Å². The van der Waals surface area contributed by atoms with Gasteiger partial charge < -0.3 is 18.6 Å². The van der Waals surface area contributed by atoms with Gasteiger partial charge in [0.2, 0.25) is 0 Å². The fourth-order valence-corrected chi connectivity index (χ4v) is 8.21. The third-order valence-corrected chi connectivity index (χ3v) is 12.2. The van der Waals surface area contributed by atoms with Crippen LogP contribution >= 0.6 is 18.1 Å². The number of carboxylic acid groups (broad SMARTS) is 1. The number of carbonyl (C=O) groups is 1. The van der Waals surface area contributed by atoms with E-state index in [1.165, 1.54) is 26.0 Å². The van der Waals surface area contributed by atoms with Crippen LogP contribution in [-0.4, -0.2) is 68.4 Å². The van der Waals surface area contributed by atoms with Crippen molar-refractivity contribution < 1.29 is 39.7 Å². The van der Waals surface area contributed by atoms with Gasteiger partial charge in [-0.2, -0.15) is 5.09 Å². The van der Waals surface area contributed by atoms with Crippen LogP contribution in [-0.2, 0) is 22.8 Å². The number of halogens is 1. The molecule has 42 heavy (non-hydrogen) atoms. The minimum absolute atomic E-state index is 0. The highest BCUT2D eigenvalue weighted by Crippen LogP contribution is 2.55. The molecule has 2 heterocycles. The Hall–Kier alpha value is -2.48. The maximum atomic E-state index is 16.6. The Labute approximate surface area is 250 Å². The summed E-state index contributed by atoms with van der Waals surface area (Å²) in [5.74, 6) is 0.759. The predicted octanol–water partition coefficient (Wildman–Crippen LogP) is 5.11. The van der Waals surface area contributed by atoms with E-state index in [0.29, 0.717) is 17.3 Å². The summed E-state index contributed by atoms with van der Waals surface area (Å²) < 4.78 is 54.9. The highest BCUT2D eigenvalue weighted by Gasteiger charge is 2.58. The number of nitrogens with one attached hydrogen (secondary N) is 2. The van der Waals surface area contributed by atoms with Crippen LogP contribution in [0.1, 0.15) is 57.5 Å². The smallest absolute Gasteiger partial charge is 0.459 e. The highest BCUT2D eigenvalue weighted by atomic mass is 32.3. The fourth-order valence-electron chi connectivity index (χ4n) is 4.32. The maximum absolute atomic E-state index is 16.6. The summed E-state index contributed by atoms with van der Waals surface area (Å²) in [5.41, 5.74) is -3.83. The van der Waals surface area contributed by atoms with E-state index in [0.717, 1.165) is 16.8 Å². The zero-order valence-corrected chi connectivity index (χ0v) is 26.8. The lowest BCUT2D eigenvalue weighted by Crippen LogP contribution is -2.46. The molecule has 0 amide bonds. The molecule has 3 rings (SSSR count). The number of benzene rings is 1. The van der Waals surface area contributed by atoms with E-state index >= 15 is 4.39 Å². The molecule has 0 radical (unpaired) electrons. The topological polar surface area (TPSA) is 158 Å². The van der Waals surface area contributed by atoms with Crippen LogP contribution in [0.3, 0.4) is 0 Å². The number of aromatic nitrogens is 2. The lowest BCUT2D eigenvalue weighted by atomic mass is 9.98. The van der Waals surface area contributed by atoms with Crippen molar-refractivity contribution >= 4 is 24.0 Å². The second-order valence-corrected chi connectivity index (χ2v) is 15.0. The van der Waals surface area contributed by atoms with Gasteiger partial charge in [0.1, 0.15) is 24.0 Å². The summed E-state index contributed by atoms with van der Waals surface area (Å²) in [4.78, 5) is 37.7. The molecule has 1 aromatic heterocycles. The average Bonchev–Trinajstić information content (AvgIpc) is 3.20. The Morgan fingerprint density at radius 2 is 1.81 bits per heavy atom. The second kappa shape index (κ2) is 15.3. The third-order valence-electron chi connectivity index (χ3n) is 6.77. The number of rotatable bonds is 14. The molecule has 12 nitrogen and oxygen atoms in total. The summed E-state index contributed by atoms with van der Waals surface area (Å²) >= 11 is 0. The van der Waals surface area contributed by atoms with Gasteiger partial charge in [0.05, 0.1) is 6.61 Å². The van der Waals surface area contributed by atoms with Gasteiger partial charge in [0, 0.05) is 15.1 Å². The largest absolute Gasteiger partial charge is 0.480 e. The van der Waals surface area contributed by atoms with E-state index < -0.39 is 72.0 Å². The quantitative estimate of drug-likeness (QED) is 0.237. The summed E-state index contributed by atoms with van der Waals surface area (Å²) in [7, 11) is -6.12. The number of aliphatic carboxylic acids is 1. The Balaban J connectivity index is 0.00000453. The molecule has 1 aliphatic heterocycles. The first-order chi connectivity index (χ1) is 19.8. The summed E-state index contributed by atoms with van der Waals surface area (Å²) in [6.07, 6.45) is -2.85. The molecule has 2 aromatic rings. The number of carboxylic acids is 1. The Bertz CT molecular complexity index is 1320. The van der Waals surface area contributed by atoms with Crippen molar-refractivity contribution in [3.05, 3.63) is 63.4 Å². The van der Waals surface area contributed by atoms with Crippen LogP contribution in [0.5, 0.6) is 5.75 Å². The molecule has 0 bridgehead atoms. The molecule has 0 spiro atoms. The van der Waals surface area contributed by atoms with Crippen molar-refractivity contribution in [3.63, 3.8) is 0 Å². The van der Waals surface area contributed by atoms with Crippen LogP contribution in [0.15, 0.2) is 52.2 Å². The van der Waals surface area contributed by atoms with Gasteiger partial charge in [0.25, 0.3) is 5.56 Å². The van der Waals surface area contributed by atoms with Crippen LogP contribution in [0.2, 0.25) is 0 Å². The van der Waals surface area contributed by atoms with E-state index in [1.807, 2.05) is 34.6 Å². The van der Waals surface area contributed by atoms with Crippen LogP contribution in [0, 0.1) is 0 Å². The Kier molecular flexibility index (Phi) is 13.0. The van der Waals surface area contributed by atoms with Crippen molar-refractivity contribution in [1.29, 1.82) is 0 Å². The van der Waals surface area contributed by atoms with Crippen molar-refractivity contribution in [2.75, 3.05) is 23.9 Å². The number of alkyl halides is 1. The van der Waals surface area contributed by atoms with Crippen molar-refractivity contribution in [3.8, 4) is 5.75 Å². The van der Waals surface area contributed by atoms with E-state index in [-0.39, 0.29) is 8.60 Å². The van der Waals surface area contributed by atoms with Gasteiger partial charge in [0.15, 0.2) is 11.9 Å². The van der Waals surface area contributed by atoms with Crippen molar-refractivity contribution in [1.82, 2.24) is 14.6 Å². The number of aromatic amines is 1. The standard InChI is InChI=1S/C25H37FN3O9PS.C2H6.2H2/c1-6-40(7-2,8-3)38-21-19(36-23(25(21,5)26)29-15-14-20(30)27-24(29)33)16-35-39(34,28-17(4)22(31)32)37-18-12-10-9-11-13-18;1-2;;/h9-15,17,19,21,23H,6-8,16H2,1-5H3,(H,28,34)(H,31,32)(H,27,30,33);1-2H3;2*1H/t17-,19+,21+,23+,25+,39?;;;/m0.../s1. The fraction of sp³-hybridized carbons (Fsp3) is 0.593. The molecule has 242 valence electrons. The molecule has 15 heteroatoms. The zero-order chi connectivity index (χ0) is 31.7. The molecule has 0 aliphatic carbocycles. The first kappa shape index (κ1) is 35.7. The molecule has 3 N–H and O–H groups in total. The first-order valence-corrected chi connectivity index (χ1v) is 17.5. The second-order valence-electron chi connectivity index (χ2n) is 9.43. The third kappa shape index (κ3) is 8.55. The number of para-hydroxylation sites is 1. The van der Waals surface area contributed by atoms with Gasteiger partial charge in [-0.3, -0.25) is 23.7 Å². The number of hydrogen-bond acceptors (Lipinski definition) is 8. The Morgan fingerprint density at radius 1 is 1.21 bits per heavy atom. The van der Waals surface area contributed by atoms with Crippen molar-refractivity contribution in [2.45, 2.75) is 78.6 Å². The summed E-state index contributed by atoms with van der Waals surface area (Å²) in [5, 5.41) is 11.7. The van der Waals surface area contributed by atoms with E-state index in [4.69, 9.17) is 18.0 Å². The molecule has 1 saturated heterocycles. The molecular formula is C27H47FN3O9PS. The van der Waals surface area contributed by atoms with Crippen LogP contribution in [0.25, 0.3) is 0 Å². The molecule has 6 atom stereocenters. The molecule has 1 unspecified atom stereocenters. The van der Waals surface area contributed by atoms with Crippen LogP contribution < -0.4 is 20.9 Å². The summed E-state index contributed by atoms with van der Waals surface area (Å²) in [6, 6.07) is 7.76.